The predicted octanol–water partition coefficient (Wildman–Crippen LogP) is 3.65. The maximum absolute atomic E-state index is 12.2. The standard InChI is InChI=1S/C21H22BrN5O2S/c1-2-27-18(13-23-19(28)12-15-6-4-3-5-7-15)25-26-21(27)30-14-20(29)24-17-10-8-16(22)9-11-17/h3-11H,2,12-14H2,1H3,(H,23,28)(H,24,29). The molecule has 3 aromatic rings. The molecule has 0 saturated heterocycles. The third-order valence-electron chi connectivity index (χ3n) is 4.22. The molecule has 1 heterocycles. The Bertz CT molecular complexity index is 992. The number of benzene rings is 2. The second kappa shape index (κ2) is 10.9. The molecule has 156 valence electrons. The van der Waals surface area contributed by atoms with Crippen LogP contribution in [0.25, 0.3) is 0 Å². The van der Waals surface area contributed by atoms with Gasteiger partial charge in [0, 0.05) is 16.7 Å². The molecule has 2 amide bonds. The van der Waals surface area contributed by atoms with E-state index >= 15 is 0 Å². The second-order valence-electron chi connectivity index (χ2n) is 6.43. The van der Waals surface area contributed by atoms with Crippen LogP contribution in [0.15, 0.2) is 64.2 Å². The van der Waals surface area contributed by atoms with E-state index in [9.17, 15) is 9.59 Å². The van der Waals surface area contributed by atoms with Crippen LogP contribution in [-0.4, -0.2) is 32.3 Å². The van der Waals surface area contributed by atoms with Gasteiger partial charge in [-0.2, -0.15) is 0 Å². The van der Waals surface area contributed by atoms with Gasteiger partial charge in [-0.1, -0.05) is 58.0 Å². The lowest BCUT2D eigenvalue weighted by molar-refractivity contribution is -0.120. The van der Waals surface area contributed by atoms with Gasteiger partial charge < -0.3 is 15.2 Å². The lowest BCUT2D eigenvalue weighted by atomic mass is 10.1. The molecule has 0 radical (unpaired) electrons. The van der Waals surface area contributed by atoms with Crippen LogP contribution in [0.2, 0.25) is 0 Å². The van der Waals surface area contributed by atoms with E-state index in [1.54, 1.807) is 0 Å². The van der Waals surface area contributed by atoms with Crippen LogP contribution < -0.4 is 10.6 Å². The highest BCUT2D eigenvalue weighted by molar-refractivity contribution is 9.10. The number of nitrogens with zero attached hydrogens (tertiary/aromatic N) is 3. The van der Waals surface area contributed by atoms with E-state index in [2.05, 4.69) is 36.8 Å². The van der Waals surface area contributed by atoms with E-state index in [4.69, 9.17) is 0 Å². The number of anilines is 1. The Hall–Kier alpha value is -2.65. The molecule has 7 nitrogen and oxygen atoms in total. The molecule has 0 aliphatic heterocycles. The van der Waals surface area contributed by atoms with Gasteiger partial charge in [0.1, 0.15) is 0 Å². The Morgan fingerprint density at radius 1 is 1.03 bits per heavy atom. The molecule has 0 unspecified atom stereocenters. The zero-order valence-corrected chi connectivity index (χ0v) is 18.9. The molecule has 2 aromatic carbocycles. The van der Waals surface area contributed by atoms with E-state index in [0.29, 0.717) is 23.9 Å². The molecule has 0 bridgehead atoms. The van der Waals surface area contributed by atoms with Crippen molar-refractivity contribution < 1.29 is 9.59 Å². The van der Waals surface area contributed by atoms with Gasteiger partial charge in [0.2, 0.25) is 11.8 Å². The number of carbonyl (C=O) groups is 2. The van der Waals surface area contributed by atoms with Crippen molar-refractivity contribution in [2.75, 3.05) is 11.1 Å². The Labute approximate surface area is 187 Å². The van der Waals surface area contributed by atoms with E-state index in [0.717, 1.165) is 15.7 Å². The fourth-order valence-electron chi connectivity index (χ4n) is 2.76. The average molecular weight is 488 g/mol. The molecule has 30 heavy (non-hydrogen) atoms. The second-order valence-corrected chi connectivity index (χ2v) is 8.28. The van der Waals surface area contributed by atoms with Crippen molar-refractivity contribution in [2.24, 2.45) is 0 Å². The van der Waals surface area contributed by atoms with Crippen molar-refractivity contribution in [3.8, 4) is 0 Å². The number of carbonyl (C=O) groups excluding carboxylic acids is 2. The summed E-state index contributed by atoms with van der Waals surface area (Å²) in [7, 11) is 0. The van der Waals surface area contributed by atoms with Crippen molar-refractivity contribution in [2.45, 2.75) is 31.6 Å². The summed E-state index contributed by atoms with van der Waals surface area (Å²) in [5, 5.41) is 14.7. The molecule has 3 rings (SSSR count). The van der Waals surface area contributed by atoms with E-state index in [1.165, 1.54) is 11.8 Å². The first-order valence-electron chi connectivity index (χ1n) is 9.46. The molecule has 0 saturated carbocycles. The summed E-state index contributed by atoms with van der Waals surface area (Å²) in [6.45, 7) is 2.91. The Balaban J connectivity index is 1.51. The van der Waals surface area contributed by atoms with Crippen molar-refractivity contribution in [3.05, 3.63) is 70.5 Å². The number of nitrogens with one attached hydrogen (secondary N) is 2. The quantitative estimate of drug-likeness (QED) is 0.449. The summed E-state index contributed by atoms with van der Waals surface area (Å²) in [6, 6.07) is 17.0. The number of aromatic nitrogens is 3. The molecule has 0 atom stereocenters. The number of hydrogen-bond acceptors (Lipinski definition) is 5. The molecule has 0 aliphatic carbocycles. The van der Waals surface area contributed by atoms with Crippen LogP contribution in [0.3, 0.4) is 0 Å². The highest BCUT2D eigenvalue weighted by Gasteiger charge is 2.14. The van der Waals surface area contributed by atoms with Gasteiger partial charge in [0.25, 0.3) is 0 Å². The number of halogens is 1. The van der Waals surface area contributed by atoms with Gasteiger partial charge in [0.15, 0.2) is 11.0 Å². The average Bonchev–Trinajstić information content (AvgIpc) is 3.15. The third-order valence-corrected chi connectivity index (χ3v) is 5.72. The summed E-state index contributed by atoms with van der Waals surface area (Å²) in [5.41, 5.74) is 1.70. The molecule has 0 aliphatic rings. The molecule has 0 fully saturated rings. The molecular weight excluding hydrogens is 466 g/mol. The summed E-state index contributed by atoms with van der Waals surface area (Å²) in [5.74, 6) is 0.685. The van der Waals surface area contributed by atoms with Crippen molar-refractivity contribution in [1.82, 2.24) is 20.1 Å². The maximum atomic E-state index is 12.2. The first-order valence-corrected chi connectivity index (χ1v) is 11.2. The van der Waals surface area contributed by atoms with Crippen LogP contribution in [0, 0.1) is 0 Å². The highest BCUT2D eigenvalue weighted by Crippen LogP contribution is 2.19. The summed E-state index contributed by atoms with van der Waals surface area (Å²) >= 11 is 4.68. The van der Waals surface area contributed by atoms with Crippen LogP contribution in [0.4, 0.5) is 5.69 Å². The lowest BCUT2D eigenvalue weighted by Gasteiger charge is -2.09. The molecular formula is C21H22BrN5O2S. The minimum atomic E-state index is -0.120. The minimum absolute atomic E-state index is 0.0741. The zero-order chi connectivity index (χ0) is 21.3. The molecule has 2 N–H and O–H groups in total. The van der Waals surface area contributed by atoms with Crippen LogP contribution in [0.1, 0.15) is 18.3 Å². The van der Waals surface area contributed by atoms with Gasteiger partial charge in [-0.25, -0.2) is 0 Å². The third kappa shape index (κ3) is 6.43. The van der Waals surface area contributed by atoms with Crippen LogP contribution in [0.5, 0.6) is 0 Å². The zero-order valence-electron chi connectivity index (χ0n) is 16.5. The van der Waals surface area contributed by atoms with Gasteiger partial charge in [-0.3, -0.25) is 9.59 Å². The maximum Gasteiger partial charge on any atom is 0.234 e. The Morgan fingerprint density at radius 2 is 1.77 bits per heavy atom. The van der Waals surface area contributed by atoms with E-state index in [-0.39, 0.29) is 24.1 Å². The monoisotopic (exact) mass is 487 g/mol. The Kier molecular flexibility index (Phi) is 8.04. The SMILES string of the molecule is CCn1c(CNC(=O)Cc2ccccc2)nnc1SCC(=O)Nc1ccc(Br)cc1. The first-order chi connectivity index (χ1) is 14.5. The topological polar surface area (TPSA) is 88.9 Å². The molecule has 0 spiro atoms. The van der Waals surface area contributed by atoms with Gasteiger partial charge in [0.05, 0.1) is 18.7 Å². The predicted molar refractivity (Wildman–Crippen MR) is 121 cm³/mol. The molecule has 9 heteroatoms. The van der Waals surface area contributed by atoms with E-state index < -0.39 is 0 Å². The Morgan fingerprint density at radius 3 is 2.47 bits per heavy atom. The fourth-order valence-corrected chi connectivity index (χ4v) is 3.84. The van der Waals surface area contributed by atoms with Crippen LogP contribution in [-0.2, 0) is 29.1 Å². The van der Waals surface area contributed by atoms with Gasteiger partial charge in [-0.05, 0) is 36.8 Å². The molecule has 1 aromatic heterocycles. The van der Waals surface area contributed by atoms with Crippen molar-refractivity contribution >= 4 is 45.2 Å². The largest absolute Gasteiger partial charge is 0.349 e. The fraction of sp³-hybridized carbons (Fsp3) is 0.238. The normalized spacial score (nSPS) is 10.6. The number of thioether (sulfide) groups is 1. The minimum Gasteiger partial charge on any atom is -0.349 e. The smallest absolute Gasteiger partial charge is 0.234 e. The van der Waals surface area contributed by atoms with Crippen molar-refractivity contribution in [3.63, 3.8) is 0 Å². The number of hydrogen-bond donors (Lipinski definition) is 2. The first kappa shape index (κ1) is 22.0. The number of rotatable bonds is 9. The highest BCUT2D eigenvalue weighted by atomic mass is 79.9. The van der Waals surface area contributed by atoms with Crippen LogP contribution >= 0.6 is 27.7 Å². The van der Waals surface area contributed by atoms with Gasteiger partial charge in [-0.15, -0.1) is 10.2 Å². The van der Waals surface area contributed by atoms with Gasteiger partial charge >= 0.3 is 0 Å². The number of amides is 2. The van der Waals surface area contributed by atoms with Crippen molar-refractivity contribution in [1.29, 1.82) is 0 Å². The summed E-state index contributed by atoms with van der Waals surface area (Å²) in [6.07, 6.45) is 0.318. The summed E-state index contributed by atoms with van der Waals surface area (Å²) in [4.78, 5) is 24.4. The van der Waals surface area contributed by atoms with E-state index in [1.807, 2.05) is 66.1 Å². The summed E-state index contributed by atoms with van der Waals surface area (Å²) < 4.78 is 2.86. The lowest BCUT2D eigenvalue weighted by Crippen LogP contribution is -2.26.